The van der Waals surface area contributed by atoms with Gasteiger partial charge in [0.05, 0.1) is 34.3 Å². The lowest BCUT2D eigenvalue weighted by Crippen LogP contribution is -2.54. The van der Waals surface area contributed by atoms with Crippen LogP contribution < -0.4 is 15.3 Å². The second-order valence-corrected chi connectivity index (χ2v) is 10.8. The molecule has 42 heavy (non-hydrogen) atoms. The molecule has 4 aromatic rings. The van der Waals surface area contributed by atoms with Crippen molar-refractivity contribution >= 4 is 34.4 Å². The van der Waals surface area contributed by atoms with Crippen LogP contribution in [0, 0.1) is 5.82 Å². The van der Waals surface area contributed by atoms with Gasteiger partial charge in [-0.2, -0.15) is 4.98 Å². The lowest BCUT2D eigenvalue weighted by Gasteiger charge is -2.40. The average molecular weight is 595 g/mol. The van der Waals surface area contributed by atoms with Crippen LogP contribution >= 0.6 is 11.6 Å². The van der Waals surface area contributed by atoms with E-state index in [0.717, 1.165) is 5.56 Å². The van der Waals surface area contributed by atoms with Gasteiger partial charge in [0.2, 0.25) is 0 Å². The number of phenols is 1. The number of carbonyl (C=O) groups is 1. The number of aromatic nitrogens is 2. The Morgan fingerprint density at radius 3 is 2.67 bits per heavy atom. The Bertz CT molecular complexity index is 1710. The minimum absolute atomic E-state index is 0.0811. The van der Waals surface area contributed by atoms with Crippen LogP contribution in [0.25, 0.3) is 22.0 Å². The summed E-state index contributed by atoms with van der Waals surface area (Å²) in [5.74, 6) is -0.621. The fourth-order valence-electron chi connectivity index (χ4n) is 5.65. The summed E-state index contributed by atoms with van der Waals surface area (Å²) in [6.45, 7) is 2.58. The van der Waals surface area contributed by atoms with E-state index in [-0.39, 0.29) is 52.4 Å². The van der Waals surface area contributed by atoms with Gasteiger partial charge in [-0.25, -0.2) is 14.0 Å². The van der Waals surface area contributed by atoms with Crippen molar-refractivity contribution in [3.8, 4) is 22.6 Å². The highest BCUT2D eigenvalue weighted by Crippen LogP contribution is 2.49. The number of rotatable bonds is 5. The van der Waals surface area contributed by atoms with Crippen molar-refractivity contribution in [3.63, 3.8) is 0 Å². The molecule has 10 nitrogen and oxygen atoms in total. The third-order valence-electron chi connectivity index (χ3n) is 7.70. The van der Waals surface area contributed by atoms with Crippen LogP contribution in [0.4, 0.5) is 15.0 Å². The second kappa shape index (κ2) is 11.1. The van der Waals surface area contributed by atoms with Crippen LogP contribution in [-0.2, 0) is 11.3 Å². The van der Waals surface area contributed by atoms with Gasteiger partial charge in [0.1, 0.15) is 30.6 Å². The lowest BCUT2D eigenvalue weighted by atomic mass is 9.98. The highest BCUT2D eigenvalue weighted by molar-refractivity contribution is 6.35. The maximum absolute atomic E-state index is 15.0. The summed E-state index contributed by atoms with van der Waals surface area (Å²) in [6.07, 6.45) is -0.438. The first-order chi connectivity index (χ1) is 20.3. The van der Waals surface area contributed by atoms with E-state index in [4.69, 9.17) is 21.1 Å². The second-order valence-electron chi connectivity index (χ2n) is 10.4. The Hall–Kier alpha value is -4.35. The summed E-state index contributed by atoms with van der Waals surface area (Å²) in [4.78, 5) is 34.2. The van der Waals surface area contributed by atoms with Crippen molar-refractivity contribution in [2.75, 3.05) is 37.7 Å². The number of hydrogen-bond donors (Lipinski definition) is 2. The Morgan fingerprint density at radius 1 is 1.17 bits per heavy atom. The molecule has 1 aromatic heterocycles. The average Bonchev–Trinajstić information content (AvgIpc) is 2.99. The van der Waals surface area contributed by atoms with Crippen molar-refractivity contribution in [1.82, 2.24) is 14.5 Å². The third kappa shape index (κ3) is 4.78. The first kappa shape index (κ1) is 27.8. The van der Waals surface area contributed by atoms with Crippen molar-refractivity contribution in [3.05, 3.63) is 81.5 Å². The molecule has 2 aliphatic rings. The number of hydrogen-bond acceptors (Lipinski definition) is 8. The molecule has 0 radical (unpaired) electrons. The normalized spacial score (nSPS) is 18.2. The molecule has 0 unspecified atom stereocenters. The van der Waals surface area contributed by atoms with E-state index in [2.05, 4.69) is 4.98 Å². The highest BCUT2D eigenvalue weighted by atomic mass is 35.5. The minimum Gasteiger partial charge on any atom is -0.507 e. The molecule has 2 atom stereocenters. The lowest BCUT2D eigenvalue weighted by molar-refractivity contribution is 0.0898. The predicted octanol–water partition coefficient (Wildman–Crippen LogP) is 4.33. The number of halogens is 2. The molecule has 0 bridgehead atoms. The van der Waals surface area contributed by atoms with Gasteiger partial charge in [-0.05, 0) is 30.7 Å². The molecule has 3 aromatic carbocycles. The number of carbonyl (C=O) groups excluding carboxylic acids is 1. The summed E-state index contributed by atoms with van der Waals surface area (Å²) in [5, 5.41) is 21.1. The Kier molecular flexibility index (Phi) is 7.38. The first-order valence-corrected chi connectivity index (χ1v) is 13.9. The standard InChI is InChI=1S/C30H28ClFN4O6/c1-17-13-34(30(40)42-15-18-6-3-2-4-7-18)10-11-35(17)28-20-12-21(31)24(25-22(32)8-5-9-23(25)38)27-26(20)36(29(39)33-28)19(14-37)16-41-27/h2-9,12,17,19,37-38H,10-11,13-16H2,1H3/t17-,19-/m0/s1. The number of benzene rings is 3. The van der Waals surface area contributed by atoms with Crippen LogP contribution in [0.1, 0.15) is 18.5 Å². The van der Waals surface area contributed by atoms with Gasteiger partial charge < -0.3 is 29.5 Å². The maximum Gasteiger partial charge on any atom is 0.410 e. The van der Waals surface area contributed by atoms with Crippen LogP contribution in [0.3, 0.4) is 0 Å². The highest BCUT2D eigenvalue weighted by Gasteiger charge is 2.35. The molecule has 0 saturated carbocycles. The minimum atomic E-state index is -0.731. The van der Waals surface area contributed by atoms with E-state index >= 15 is 4.39 Å². The summed E-state index contributed by atoms with van der Waals surface area (Å²) < 4.78 is 27.9. The molecule has 3 heterocycles. The van der Waals surface area contributed by atoms with Gasteiger partial charge in [-0.1, -0.05) is 48.0 Å². The van der Waals surface area contributed by atoms with Gasteiger partial charge in [0, 0.05) is 31.1 Å². The number of amides is 1. The molecule has 2 N–H and O–H groups in total. The topological polar surface area (TPSA) is 117 Å². The molecule has 2 aliphatic heterocycles. The van der Waals surface area contributed by atoms with Crippen LogP contribution in [-0.4, -0.2) is 69.6 Å². The van der Waals surface area contributed by atoms with E-state index in [9.17, 15) is 19.8 Å². The summed E-state index contributed by atoms with van der Waals surface area (Å²) in [7, 11) is 0. The van der Waals surface area contributed by atoms with Gasteiger partial charge in [-0.15, -0.1) is 0 Å². The van der Waals surface area contributed by atoms with E-state index < -0.39 is 30.2 Å². The molecule has 1 amide bonds. The predicted molar refractivity (Wildman–Crippen MR) is 155 cm³/mol. The van der Waals surface area contributed by atoms with Crippen molar-refractivity contribution in [1.29, 1.82) is 0 Å². The fourth-order valence-corrected chi connectivity index (χ4v) is 5.94. The van der Waals surface area contributed by atoms with Crippen molar-refractivity contribution in [2.45, 2.75) is 25.6 Å². The number of aliphatic hydroxyl groups is 1. The number of anilines is 1. The number of aromatic hydroxyl groups is 1. The zero-order chi connectivity index (χ0) is 29.5. The molecule has 1 saturated heterocycles. The van der Waals surface area contributed by atoms with Crippen LogP contribution in [0.15, 0.2) is 59.4 Å². The Morgan fingerprint density at radius 2 is 1.95 bits per heavy atom. The first-order valence-electron chi connectivity index (χ1n) is 13.5. The molecule has 6 rings (SSSR count). The van der Waals surface area contributed by atoms with Gasteiger partial charge in [0.15, 0.2) is 5.75 Å². The third-order valence-corrected chi connectivity index (χ3v) is 8.00. The number of ether oxygens (including phenoxy) is 2. The monoisotopic (exact) mass is 594 g/mol. The van der Waals surface area contributed by atoms with Crippen LogP contribution in [0.2, 0.25) is 5.02 Å². The largest absolute Gasteiger partial charge is 0.507 e. The van der Waals surface area contributed by atoms with Crippen molar-refractivity contribution < 1.29 is 28.9 Å². The molecule has 0 aliphatic carbocycles. The van der Waals surface area contributed by atoms with Gasteiger partial charge >= 0.3 is 11.8 Å². The smallest absolute Gasteiger partial charge is 0.410 e. The zero-order valence-corrected chi connectivity index (χ0v) is 23.4. The molecule has 12 heteroatoms. The maximum atomic E-state index is 15.0. The molecular weight excluding hydrogens is 567 g/mol. The van der Waals surface area contributed by atoms with Gasteiger partial charge in [0.25, 0.3) is 0 Å². The van der Waals surface area contributed by atoms with E-state index in [1.807, 2.05) is 42.2 Å². The number of aliphatic hydroxyl groups excluding tert-OH is 1. The Balaban J connectivity index is 1.39. The van der Waals surface area contributed by atoms with E-state index in [1.54, 1.807) is 11.0 Å². The SMILES string of the molecule is C[C@H]1CN(C(=O)OCc2ccccc2)CCN1c1nc(=O)n2c3c(c(-c4c(O)cccc4F)c(Cl)cc13)OC[C@@H]2CO. The summed E-state index contributed by atoms with van der Waals surface area (Å²) >= 11 is 6.74. The van der Waals surface area contributed by atoms with E-state index in [1.165, 1.54) is 22.8 Å². The van der Waals surface area contributed by atoms with Crippen molar-refractivity contribution in [2.24, 2.45) is 0 Å². The molecule has 218 valence electrons. The number of phenolic OH excluding ortho intramolecular Hbond substituents is 1. The quantitative estimate of drug-likeness (QED) is 0.351. The Labute approximate surface area is 245 Å². The van der Waals surface area contributed by atoms with E-state index in [0.29, 0.717) is 30.8 Å². The molecular formula is C30H28ClFN4O6. The fraction of sp³-hybridized carbons (Fsp3) is 0.300. The molecule has 0 spiro atoms. The summed E-state index contributed by atoms with van der Waals surface area (Å²) in [5.41, 5.74) is 0.489. The number of piperazine rings is 1. The number of nitrogens with zero attached hydrogens (tertiary/aromatic N) is 4. The summed E-state index contributed by atoms with van der Waals surface area (Å²) in [6, 6.07) is 13.9. The van der Waals surface area contributed by atoms with Gasteiger partial charge in [-0.3, -0.25) is 4.57 Å². The van der Waals surface area contributed by atoms with Crippen LogP contribution in [0.5, 0.6) is 11.5 Å². The zero-order valence-electron chi connectivity index (χ0n) is 22.7. The molecule has 1 fully saturated rings.